The fraction of sp³-hybridized carbons (Fsp3) is 0.786. The summed E-state index contributed by atoms with van der Waals surface area (Å²) in [5, 5.41) is 37.0. The Balaban J connectivity index is 0. The van der Waals surface area contributed by atoms with Crippen molar-refractivity contribution in [1.82, 2.24) is 10.2 Å². The molecule has 0 atom stereocenters. The van der Waals surface area contributed by atoms with Gasteiger partial charge in [-0.25, -0.2) is 4.79 Å². The topological polar surface area (TPSA) is 225 Å². The quantitative estimate of drug-likeness (QED) is 0.137. The molecule has 154 valence electrons. The molecule has 12 heteroatoms. The van der Waals surface area contributed by atoms with Gasteiger partial charge < -0.3 is 42.9 Å². The highest BCUT2D eigenvalue weighted by molar-refractivity contribution is 5.88. The lowest BCUT2D eigenvalue weighted by Gasteiger charge is -2.20. The number of aliphatic carboxylic acids is 3. The van der Waals surface area contributed by atoms with Crippen molar-refractivity contribution in [1.29, 1.82) is 0 Å². The van der Waals surface area contributed by atoms with E-state index in [1.165, 1.54) is 0 Å². The molecule has 0 unspecified atom stereocenters. The monoisotopic (exact) mass is 381 g/mol. The summed E-state index contributed by atoms with van der Waals surface area (Å²) in [4.78, 5) is 32.7. The van der Waals surface area contributed by atoms with Gasteiger partial charge in [0.15, 0.2) is 5.60 Å². The van der Waals surface area contributed by atoms with Crippen LogP contribution in [0.2, 0.25) is 0 Å². The van der Waals surface area contributed by atoms with Crippen LogP contribution in [0.15, 0.2) is 0 Å². The van der Waals surface area contributed by atoms with Gasteiger partial charge in [0, 0.05) is 52.4 Å². The van der Waals surface area contributed by atoms with Crippen LogP contribution in [0.3, 0.4) is 0 Å². The van der Waals surface area contributed by atoms with Crippen molar-refractivity contribution in [3.05, 3.63) is 0 Å². The molecule has 0 aromatic carbocycles. The molecule has 0 fully saturated rings. The Labute approximate surface area is 151 Å². The Morgan fingerprint density at radius 2 is 1.27 bits per heavy atom. The van der Waals surface area contributed by atoms with E-state index in [4.69, 9.17) is 37.6 Å². The molecule has 0 saturated heterocycles. The first-order valence-electron chi connectivity index (χ1n) is 8.05. The molecule has 0 aliphatic carbocycles. The molecule has 0 amide bonds. The molecule has 0 aromatic rings. The summed E-state index contributed by atoms with van der Waals surface area (Å²) in [6, 6.07) is 0. The third-order valence-electron chi connectivity index (χ3n) is 3.10. The number of hydrogen-bond acceptors (Lipinski definition) is 9. The maximum Gasteiger partial charge on any atom is 0.336 e. The highest BCUT2D eigenvalue weighted by Gasteiger charge is 2.40. The normalized spacial score (nSPS) is 11.0. The number of nitrogens with one attached hydrogen (secondary N) is 1. The number of nitrogens with two attached hydrogens (primary N) is 3. The summed E-state index contributed by atoms with van der Waals surface area (Å²) in [6.07, 6.45) is -2.29. The largest absolute Gasteiger partial charge is 0.481 e. The van der Waals surface area contributed by atoms with Crippen molar-refractivity contribution in [3.63, 3.8) is 0 Å². The third kappa shape index (κ3) is 14.5. The highest BCUT2D eigenvalue weighted by atomic mass is 16.4. The summed E-state index contributed by atoms with van der Waals surface area (Å²) in [5.74, 6) is -5.02. The van der Waals surface area contributed by atoms with Crippen LogP contribution in [0, 0.1) is 0 Å². The Bertz CT molecular complexity index is 400. The number of hydrogen-bond donors (Lipinski definition) is 8. The van der Waals surface area contributed by atoms with Crippen LogP contribution in [-0.4, -0.2) is 101 Å². The standard InChI is InChI=1S/C8H23N5.C6H8O7/c9-1-4-12-5-8-13(6-2-10)7-3-11;7-3(8)1-6(13,5(11)12)2-4(9)10/h12H,1-11H2;13H,1-2H2,(H,7,8)(H,9,10)(H,11,12). The lowest BCUT2D eigenvalue weighted by atomic mass is 9.96. The van der Waals surface area contributed by atoms with Gasteiger partial charge in [0.1, 0.15) is 0 Å². The van der Waals surface area contributed by atoms with Crippen molar-refractivity contribution in [2.75, 3.05) is 52.4 Å². The zero-order valence-electron chi connectivity index (χ0n) is 14.8. The second-order valence-electron chi connectivity index (χ2n) is 5.44. The van der Waals surface area contributed by atoms with Gasteiger partial charge in [-0.1, -0.05) is 0 Å². The number of carbonyl (C=O) groups is 3. The lowest BCUT2D eigenvalue weighted by molar-refractivity contribution is -0.170. The molecular weight excluding hydrogens is 350 g/mol. The van der Waals surface area contributed by atoms with Crippen molar-refractivity contribution in [2.45, 2.75) is 18.4 Å². The molecule has 0 saturated carbocycles. The van der Waals surface area contributed by atoms with Crippen molar-refractivity contribution < 1.29 is 34.8 Å². The van der Waals surface area contributed by atoms with Gasteiger partial charge in [-0.05, 0) is 0 Å². The molecule has 26 heavy (non-hydrogen) atoms. The van der Waals surface area contributed by atoms with Crippen LogP contribution in [0.1, 0.15) is 12.8 Å². The maximum absolute atomic E-state index is 10.3. The molecule has 0 aromatic heterocycles. The van der Waals surface area contributed by atoms with Gasteiger partial charge in [-0.3, -0.25) is 14.5 Å². The van der Waals surface area contributed by atoms with E-state index in [1.54, 1.807) is 0 Å². The van der Waals surface area contributed by atoms with Gasteiger partial charge in [0.2, 0.25) is 0 Å². The second-order valence-corrected chi connectivity index (χ2v) is 5.44. The first-order chi connectivity index (χ1) is 12.1. The minimum atomic E-state index is -2.74. The van der Waals surface area contributed by atoms with Gasteiger partial charge in [-0.15, -0.1) is 0 Å². The summed E-state index contributed by atoms with van der Waals surface area (Å²) >= 11 is 0. The van der Waals surface area contributed by atoms with E-state index in [0.29, 0.717) is 19.6 Å². The molecule has 0 spiro atoms. The number of aliphatic hydroxyl groups is 1. The Morgan fingerprint density at radius 1 is 0.808 bits per heavy atom. The number of rotatable bonds is 14. The first kappa shape index (κ1) is 26.4. The average molecular weight is 381 g/mol. The molecular formula is C14H31N5O7. The molecule has 0 rings (SSSR count). The van der Waals surface area contributed by atoms with Gasteiger partial charge in [0.25, 0.3) is 0 Å². The Morgan fingerprint density at radius 3 is 1.58 bits per heavy atom. The molecule has 0 aliphatic rings. The van der Waals surface area contributed by atoms with Crippen LogP contribution in [0.25, 0.3) is 0 Å². The fourth-order valence-corrected chi connectivity index (χ4v) is 1.88. The number of carboxylic acid groups (broad SMARTS) is 3. The van der Waals surface area contributed by atoms with Crippen molar-refractivity contribution >= 4 is 17.9 Å². The third-order valence-corrected chi connectivity index (χ3v) is 3.10. The summed E-state index contributed by atoms with van der Waals surface area (Å²) in [7, 11) is 0. The second kappa shape index (κ2) is 15.4. The molecule has 0 bridgehead atoms. The molecule has 0 heterocycles. The molecule has 12 nitrogen and oxygen atoms in total. The van der Waals surface area contributed by atoms with Crippen LogP contribution >= 0.6 is 0 Å². The van der Waals surface area contributed by atoms with E-state index in [1.807, 2.05) is 0 Å². The molecule has 0 aliphatic heterocycles. The van der Waals surface area contributed by atoms with Crippen LogP contribution < -0.4 is 22.5 Å². The van der Waals surface area contributed by atoms with E-state index < -0.39 is 36.4 Å². The highest BCUT2D eigenvalue weighted by Crippen LogP contribution is 2.15. The van der Waals surface area contributed by atoms with E-state index in [-0.39, 0.29) is 0 Å². The minimum absolute atomic E-state index is 0.688. The number of carboxylic acids is 3. The van der Waals surface area contributed by atoms with E-state index in [0.717, 1.165) is 32.7 Å². The van der Waals surface area contributed by atoms with Crippen LogP contribution in [-0.2, 0) is 14.4 Å². The van der Waals surface area contributed by atoms with E-state index in [9.17, 15) is 14.4 Å². The predicted octanol–water partition coefficient (Wildman–Crippen LogP) is -3.49. The zero-order valence-corrected chi connectivity index (χ0v) is 14.8. The van der Waals surface area contributed by atoms with E-state index >= 15 is 0 Å². The SMILES string of the molecule is NCCNCCN(CCN)CCN.O=C(O)CC(O)(CC(=O)O)C(=O)O. The number of nitrogens with zero attached hydrogens (tertiary/aromatic N) is 1. The molecule has 0 radical (unpaired) electrons. The van der Waals surface area contributed by atoms with Crippen LogP contribution in [0.4, 0.5) is 0 Å². The van der Waals surface area contributed by atoms with Gasteiger partial charge in [0.05, 0.1) is 12.8 Å². The summed E-state index contributed by atoms with van der Waals surface area (Å²) < 4.78 is 0. The van der Waals surface area contributed by atoms with Crippen molar-refractivity contribution in [3.8, 4) is 0 Å². The minimum Gasteiger partial charge on any atom is -0.481 e. The van der Waals surface area contributed by atoms with E-state index in [2.05, 4.69) is 10.2 Å². The Kier molecular flexibility index (Phi) is 15.7. The maximum atomic E-state index is 10.3. The predicted molar refractivity (Wildman–Crippen MR) is 93.6 cm³/mol. The molecule has 11 N–H and O–H groups in total. The summed E-state index contributed by atoms with van der Waals surface area (Å²) in [6.45, 7) is 6.73. The summed E-state index contributed by atoms with van der Waals surface area (Å²) in [5.41, 5.74) is 13.5. The zero-order chi connectivity index (χ0) is 20.6. The van der Waals surface area contributed by atoms with Crippen molar-refractivity contribution in [2.24, 2.45) is 17.2 Å². The van der Waals surface area contributed by atoms with Gasteiger partial charge in [-0.2, -0.15) is 0 Å². The van der Waals surface area contributed by atoms with Crippen LogP contribution in [0.5, 0.6) is 0 Å². The fourth-order valence-electron chi connectivity index (χ4n) is 1.88. The average Bonchev–Trinajstić information content (AvgIpc) is 2.51. The lowest BCUT2D eigenvalue weighted by Crippen LogP contribution is -2.42. The first-order valence-corrected chi connectivity index (χ1v) is 8.05. The van der Waals surface area contributed by atoms with Gasteiger partial charge >= 0.3 is 17.9 Å². The Hall–Kier alpha value is -1.83. The smallest absolute Gasteiger partial charge is 0.336 e.